The summed E-state index contributed by atoms with van der Waals surface area (Å²) in [7, 11) is -2.60. The normalized spacial score (nSPS) is 11.4. The summed E-state index contributed by atoms with van der Waals surface area (Å²) in [6, 6.07) is 46.3. The zero-order chi connectivity index (χ0) is 27.8. The Hall–Kier alpha value is -4.99. The smallest absolute Gasteiger partial charge is 0.275 e. The molecule has 5 nitrogen and oxygen atoms in total. The van der Waals surface area contributed by atoms with E-state index >= 15 is 0 Å². The van der Waals surface area contributed by atoms with Crippen LogP contribution in [0.1, 0.15) is 10.4 Å². The first-order valence-electron chi connectivity index (χ1n) is 12.9. The van der Waals surface area contributed by atoms with E-state index in [-0.39, 0.29) is 11.6 Å². The molecule has 0 aliphatic rings. The van der Waals surface area contributed by atoms with Crippen molar-refractivity contribution < 1.29 is 9.59 Å². The van der Waals surface area contributed by atoms with Gasteiger partial charge in [0.2, 0.25) is 0 Å². The van der Waals surface area contributed by atoms with Crippen molar-refractivity contribution in [1.82, 2.24) is 5.32 Å². The molecule has 5 aromatic rings. The third-order valence-corrected chi connectivity index (χ3v) is 10.5. The number of nitrogens with two attached hydrogens (primary N) is 1. The Bertz CT molecular complexity index is 1530. The van der Waals surface area contributed by atoms with Crippen LogP contribution in [0.3, 0.4) is 0 Å². The summed E-state index contributed by atoms with van der Waals surface area (Å²) in [6.45, 7) is 0. The molecule has 0 atom stereocenters. The minimum absolute atomic E-state index is 0.141. The average Bonchev–Trinajstić information content (AvgIpc) is 3.02. The summed E-state index contributed by atoms with van der Waals surface area (Å²) in [6.07, 6.45) is 0. The second kappa shape index (κ2) is 12.2. The molecule has 0 unspecified atom stereocenters. The standard InChI is InChI=1S/C34H28N3O2P/c35-30-23-13-14-24-31(30)36-34(39)32(37-33(38)26-15-5-1-6-16-26)25-40(27-17-7-2-8-18-27,28-19-9-3-10-20-28)29-21-11-4-12-22-29/h1-25H,35H2,(H-,36,37,38,39)/p+1/b32-25-. The highest BCUT2D eigenvalue weighted by Crippen LogP contribution is 2.57. The quantitative estimate of drug-likeness (QED) is 0.138. The van der Waals surface area contributed by atoms with Crippen molar-refractivity contribution in [2.45, 2.75) is 0 Å². The zero-order valence-corrected chi connectivity index (χ0v) is 22.7. The third-order valence-electron chi connectivity index (χ3n) is 6.55. The summed E-state index contributed by atoms with van der Waals surface area (Å²) < 4.78 is 0. The molecule has 0 saturated carbocycles. The number of carbonyl (C=O) groups excluding carboxylic acids is 2. The lowest BCUT2D eigenvalue weighted by Gasteiger charge is -2.25. The molecule has 5 rings (SSSR count). The largest absolute Gasteiger partial charge is 0.397 e. The lowest BCUT2D eigenvalue weighted by molar-refractivity contribution is -0.113. The highest BCUT2D eigenvalue weighted by Gasteiger charge is 2.45. The van der Waals surface area contributed by atoms with Gasteiger partial charge in [-0.15, -0.1) is 0 Å². The van der Waals surface area contributed by atoms with E-state index in [1.807, 2.05) is 66.5 Å². The second-order valence-electron chi connectivity index (χ2n) is 9.13. The van der Waals surface area contributed by atoms with E-state index < -0.39 is 13.2 Å². The van der Waals surface area contributed by atoms with Gasteiger partial charge in [0.1, 0.15) is 34.7 Å². The van der Waals surface area contributed by atoms with Crippen LogP contribution in [0.15, 0.2) is 157 Å². The van der Waals surface area contributed by atoms with E-state index in [0.717, 1.165) is 15.9 Å². The van der Waals surface area contributed by atoms with Crippen LogP contribution in [-0.4, -0.2) is 11.8 Å². The van der Waals surface area contributed by atoms with Crippen LogP contribution in [0.2, 0.25) is 0 Å². The number of nitrogens with one attached hydrogen (secondary N) is 2. The minimum atomic E-state index is -2.60. The maximum absolute atomic E-state index is 14.0. The lowest BCUT2D eigenvalue weighted by atomic mass is 10.2. The number of benzene rings is 5. The van der Waals surface area contributed by atoms with E-state index in [9.17, 15) is 9.59 Å². The molecule has 0 heterocycles. The molecular formula is C34H29N3O2P+. The van der Waals surface area contributed by atoms with Gasteiger partial charge in [0, 0.05) is 5.56 Å². The fourth-order valence-corrected chi connectivity index (χ4v) is 8.42. The lowest BCUT2D eigenvalue weighted by Crippen LogP contribution is -2.35. The number of nitrogen functional groups attached to an aromatic ring is 1. The van der Waals surface area contributed by atoms with Crippen LogP contribution in [-0.2, 0) is 4.79 Å². The first kappa shape index (κ1) is 26.6. The second-order valence-corrected chi connectivity index (χ2v) is 12.4. The Morgan fingerprint density at radius 3 is 1.48 bits per heavy atom. The van der Waals surface area contributed by atoms with Crippen molar-refractivity contribution in [2.75, 3.05) is 11.1 Å². The molecule has 5 aromatic carbocycles. The third kappa shape index (κ3) is 5.70. The van der Waals surface area contributed by atoms with Gasteiger partial charge in [0.15, 0.2) is 0 Å². The molecule has 40 heavy (non-hydrogen) atoms. The van der Waals surface area contributed by atoms with Crippen molar-refractivity contribution in [1.29, 1.82) is 0 Å². The van der Waals surface area contributed by atoms with Gasteiger partial charge in [-0.1, -0.05) is 84.9 Å². The molecule has 2 amide bonds. The maximum atomic E-state index is 14.0. The van der Waals surface area contributed by atoms with Gasteiger partial charge in [0.25, 0.3) is 11.8 Å². The van der Waals surface area contributed by atoms with Gasteiger partial charge in [-0.2, -0.15) is 0 Å². The number of para-hydroxylation sites is 2. The Kier molecular flexibility index (Phi) is 8.15. The zero-order valence-electron chi connectivity index (χ0n) is 21.8. The van der Waals surface area contributed by atoms with Crippen LogP contribution in [0.4, 0.5) is 11.4 Å². The van der Waals surface area contributed by atoms with Crippen molar-refractivity contribution in [3.63, 3.8) is 0 Å². The monoisotopic (exact) mass is 542 g/mol. The number of anilines is 2. The van der Waals surface area contributed by atoms with E-state index in [4.69, 9.17) is 5.73 Å². The first-order chi connectivity index (χ1) is 19.6. The van der Waals surface area contributed by atoms with Crippen LogP contribution in [0, 0.1) is 0 Å². The van der Waals surface area contributed by atoms with E-state index in [1.165, 1.54) is 0 Å². The van der Waals surface area contributed by atoms with Crippen molar-refractivity contribution in [3.05, 3.63) is 163 Å². The average molecular weight is 543 g/mol. The number of rotatable bonds is 8. The summed E-state index contributed by atoms with van der Waals surface area (Å²) in [4.78, 5) is 27.4. The van der Waals surface area contributed by atoms with Gasteiger partial charge >= 0.3 is 0 Å². The molecule has 0 saturated heterocycles. The topological polar surface area (TPSA) is 84.2 Å². The molecule has 0 aliphatic carbocycles. The predicted octanol–water partition coefficient (Wildman–Crippen LogP) is 5.47. The Morgan fingerprint density at radius 1 is 0.575 bits per heavy atom. The summed E-state index contributed by atoms with van der Waals surface area (Å²) >= 11 is 0. The summed E-state index contributed by atoms with van der Waals surface area (Å²) in [5, 5.41) is 8.99. The molecule has 6 heteroatoms. The van der Waals surface area contributed by atoms with Crippen LogP contribution >= 0.6 is 7.26 Å². The molecule has 0 spiro atoms. The van der Waals surface area contributed by atoms with Gasteiger partial charge < -0.3 is 16.4 Å². The van der Waals surface area contributed by atoms with Gasteiger partial charge in [-0.25, -0.2) is 0 Å². The first-order valence-corrected chi connectivity index (χ1v) is 14.7. The Labute approximate surface area is 234 Å². The molecule has 0 radical (unpaired) electrons. The highest BCUT2D eigenvalue weighted by molar-refractivity contribution is 7.98. The van der Waals surface area contributed by atoms with Crippen molar-refractivity contribution >= 4 is 46.4 Å². The number of hydrogen-bond acceptors (Lipinski definition) is 3. The minimum Gasteiger partial charge on any atom is -0.397 e. The number of amides is 2. The molecule has 4 N–H and O–H groups in total. The van der Waals surface area contributed by atoms with E-state index in [1.54, 1.807) is 48.5 Å². The molecule has 196 valence electrons. The fourth-order valence-electron chi connectivity index (χ4n) is 4.59. The fraction of sp³-hybridized carbons (Fsp3) is 0. The van der Waals surface area contributed by atoms with Crippen LogP contribution in [0.25, 0.3) is 0 Å². The summed E-state index contributed by atoms with van der Waals surface area (Å²) in [5.74, 6) is 1.10. The Morgan fingerprint density at radius 2 is 1.00 bits per heavy atom. The van der Waals surface area contributed by atoms with Crippen molar-refractivity contribution in [3.8, 4) is 0 Å². The predicted molar refractivity (Wildman–Crippen MR) is 167 cm³/mol. The molecule has 0 fully saturated rings. The van der Waals surface area contributed by atoms with Crippen LogP contribution < -0.4 is 32.3 Å². The van der Waals surface area contributed by atoms with Crippen molar-refractivity contribution in [2.24, 2.45) is 0 Å². The van der Waals surface area contributed by atoms with Gasteiger partial charge in [-0.3, -0.25) is 9.59 Å². The van der Waals surface area contributed by atoms with Gasteiger partial charge in [-0.05, 0) is 60.7 Å². The SMILES string of the molecule is Nc1ccccc1NC(=O)/C(=C/[P+](c1ccccc1)(c1ccccc1)c1ccccc1)NC(=O)c1ccccc1. The summed E-state index contributed by atoms with van der Waals surface area (Å²) in [5.41, 5.74) is 7.63. The van der Waals surface area contributed by atoms with Crippen LogP contribution in [0.5, 0.6) is 0 Å². The number of hydrogen-bond donors (Lipinski definition) is 3. The highest BCUT2D eigenvalue weighted by atomic mass is 31.2. The molecular weight excluding hydrogens is 513 g/mol. The van der Waals surface area contributed by atoms with E-state index in [0.29, 0.717) is 16.9 Å². The number of carbonyl (C=O) groups is 2. The maximum Gasteiger partial charge on any atom is 0.275 e. The molecule has 0 bridgehead atoms. The Balaban J connectivity index is 1.74. The van der Waals surface area contributed by atoms with E-state index in [2.05, 4.69) is 47.0 Å². The van der Waals surface area contributed by atoms with Gasteiger partial charge in [0.05, 0.1) is 11.4 Å². The molecule has 0 aliphatic heterocycles. The molecule has 0 aromatic heterocycles.